The smallest absolute Gasteiger partial charge is 0.244 e. The number of nitrogens with zero attached hydrogens (tertiary/aromatic N) is 2. The molecule has 0 saturated carbocycles. The average Bonchev–Trinajstić information content (AvgIpc) is 2.88. The highest BCUT2D eigenvalue weighted by molar-refractivity contribution is 7.92. The van der Waals surface area contributed by atoms with Crippen LogP contribution in [0.1, 0.15) is 43.0 Å². The molecule has 39 heavy (non-hydrogen) atoms. The van der Waals surface area contributed by atoms with E-state index in [1.165, 1.54) is 11.9 Å². The molecular formula is C31H39N3O4S. The van der Waals surface area contributed by atoms with Gasteiger partial charge >= 0.3 is 0 Å². The molecule has 0 fully saturated rings. The maximum atomic E-state index is 14.0. The molecule has 3 aromatic carbocycles. The van der Waals surface area contributed by atoms with Crippen molar-refractivity contribution in [3.8, 4) is 0 Å². The summed E-state index contributed by atoms with van der Waals surface area (Å²) in [6.07, 6.45) is 1.38. The van der Waals surface area contributed by atoms with Crippen LogP contribution < -0.4 is 9.62 Å². The highest BCUT2D eigenvalue weighted by Crippen LogP contribution is 2.26. The largest absolute Gasteiger partial charge is 0.357 e. The van der Waals surface area contributed by atoms with Crippen molar-refractivity contribution in [2.75, 3.05) is 24.2 Å². The molecule has 0 aliphatic rings. The first kappa shape index (κ1) is 29.9. The molecule has 3 aromatic rings. The zero-order valence-corrected chi connectivity index (χ0v) is 24.5. The Labute approximate surface area is 232 Å². The number of hydrogen-bond donors (Lipinski definition) is 1. The Kier molecular flexibility index (Phi) is 9.56. The number of sulfonamides is 1. The Hall–Kier alpha value is -3.65. The number of carbonyl (C=O) groups excluding carboxylic acids is 2. The van der Waals surface area contributed by atoms with E-state index in [1.54, 1.807) is 12.1 Å². The van der Waals surface area contributed by atoms with Gasteiger partial charge in [0.1, 0.15) is 12.6 Å². The van der Waals surface area contributed by atoms with Crippen LogP contribution in [0, 0.1) is 6.92 Å². The summed E-state index contributed by atoms with van der Waals surface area (Å²) in [4.78, 5) is 28.6. The zero-order chi connectivity index (χ0) is 28.8. The van der Waals surface area contributed by atoms with E-state index in [-0.39, 0.29) is 24.3 Å². The van der Waals surface area contributed by atoms with E-state index in [0.29, 0.717) is 5.69 Å². The molecule has 0 spiro atoms. The van der Waals surface area contributed by atoms with E-state index in [1.807, 2.05) is 73.7 Å². The minimum absolute atomic E-state index is 0.104. The van der Waals surface area contributed by atoms with E-state index in [2.05, 4.69) is 26.1 Å². The van der Waals surface area contributed by atoms with Gasteiger partial charge < -0.3 is 10.2 Å². The Morgan fingerprint density at radius 2 is 1.51 bits per heavy atom. The number of hydrogen-bond acceptors (Lipinski definition) is 4. The van der Waals surface area contributed by atoms with Crippen LogP contribution in [0.4, 0.5) is 5.69 Å². The lowest BCUT2D eigenvalue weighted by Gasteiger charge is -2.33. The second-order valence-electron chi connectivity index (χ2n) is 10.9. The van der Waals surface area contributed by atoms with Crippen molar-refractivity contribution < 1.29 is 18.0 Å². The first-order valence-corrected chi connectivity index (χ1v) is 14.8. The summed E-state index contributed by atoms with van der Waals surface area (Å²) in [6, 6.07) is 23.6. The minimum Gasteiger partial charge on any atom is -0.357 e. The fraction of sp³-hybridized carbons (Fsp3) is 0.355. The predicted octanol–water partition coefficient (Wildman–Crippen LogP) is 4.44. The van der Waals surface area contributed by atoms with Gasteiger partial charge in [-0.15, -0.1) is 0 Å². The third kappa shape index (κ3) is 8.17. The van der Waals surface area contributed by atoms with Gasteiger partial charge in [0.25, 0.3) is 0 Å². The van der Waals surface area contributed by atoms with Crippen molar-refractivity contribution in [2.45, 2.75) is 52.1 Å². The molecule has 0 saturated heterocycles. The van der Waals surface area contributed by atoms with Crippen molar-refractivity contribution in [1.82, 2.24) is 10.2 Å². The monoisotopic (exact) mass is 549 g/mol. The predicted molar refractivity (Wildman–Crippen MR) is 157 cm³/mol. The van der Waals surface area contributed by atoms with Crippen molar-refractivity contribution in [1.29, 1.82) is 0 Å². The van der Waals surface area contributed by atoms with E-state index in [0.717, 1.165) is 32.8 Å². The van der Waals surface area contributed by atoms with Crippen molar-refractivity contribution in [2.24, 2.45) is 0 Å². The molecule has 3 rings (SSSR count). The summed E-state index contributed by atoms with van der Waals surface area (Å²) in [7, 11) is -2.26. The molecule has 1 N–H and O–H groups in total. The molecule has 0 heterocycles. The third-order valence-electron chi connectivity index (χ3n) is 6.65. The van der Waals surface area contributed by atoms with E-state index >= 15 is 0 Å². The minimum atomic E-state index is -3.80. The van der Waals surface area contributed by atoms with Crippen molar-refractivity contribution >= 4 is 27.5 Å². The molecule has 2 amide bonds. The number of amides is 2. The van der Waals surface area contributed by atoms with Gasteiger partial charge in [-0.2, -0.15) is 0 Å². The topological polar surface area (TPSA) is 86.8 Å². The lowest BCUT2D eigenvalue weighted by molar-refractivity contribution is -0.139. The molecule has 0 aliphatic heterocycles. The zero-order valence-electron chi connectivity index (χ0n) is 23.6. The fourth-order valence-electron chi connectivity index (χ4n) is 4.47. The van der Waals surface area contributed by atoms with Crippen molar-refractivity contribution in [3.63, 3.8) is 0 Å². The number of anilines is 1. The van der Waals surface area contributed by atoms with Crippen LogP contribution in [0.3, 0.4) is 0 Å². The Morgan fingerprint density at radius 1 is 0.897 bits per heavy atom. The molecule has 7 nitrogen and oxygen atoms in total. The Balaban J connectivity index is 2.02. The number of aryl methyl sites for hydroxylation is 1. The first-order chi connectivity index (χ1) is 18.3. The van der Waals surface area contributed by atoms with Crippen LogP contribution in [0.15, 0.2) is 78.9 Å². The summed E-state index contributed by atoms with van der Waals surface area (Å²) in [5, 5.41) is 2.69. The summed E-state index contributed by atoms with van der Waals surface area (Å²) in [5.41, 5.74) is 4.11. The Morgan fingerprint density at radius 3 is 2.05 bits per heavy atom. The van der Waals surface area contributed by atoms with E-state index in [4.69, 9.17) is 0 Å². The van der Waals surface area contributed by atoms with Gasteiger partial charge in [-0.05, 0) is 41.2 Å². The molecular weight excluding hydrogens is 510 g/mol. The lowest BCUT2D eigenvalue weighted by Crippen LogP contribution is -2.52. The highest BCUT2D eigenvalue weighted by atomic mass is 32.2. The molecule has 0 unspecified atom stereocenters. The standard InChI is InChI=1S/C31H39N3O4S/c1-23-11-10-14-25(19-23)21-33(28(30(36)32-5)20-24-12-8-7-9-13-24)29(35)22-34(39(6,37)38)27-17-15-26(16-18-27)31(2,3)4/h7-19,28H,20-22H2,1-6H3,(H,32,36)/t28-/m1/s1. The maximum Gasteiger partial charge on any atom is 0.244 e. The number of rotatable bonds is 10. The van der Waals surface area contributed by atoms with Gasteiger partial charge in [-0.3, -0.25) is 13.9 Å². The van der Waals surface area contributed by atoms with Crippen LogP contribution in [0.25, 0.3) is 0 Å². The summed E-state index contributed by atoms with van der Waals surface area (Å²) < 4.78 is 26.9. The molecule has 0 aliphatic carbocycles. The third-order valence-corrected chi connectivity index (χ3v) is 7.79. The van der Waals surface area contributed by atoms with Gasteiger partial charge in [0.2, 0.25) is 21.8 Å². The van der Waals surface area contributed by atoms with Crippen LogP contribution >= 0.6 is 0 Å². The van der Waals surface area contributed by atoms with Gasteiger partial charge in [0, 0.05) is 20.0 Å². The summed E-state index contributed by atoms with van der Waals surface area (Å²) >= 11 is 0. The van der Waals surface area contributed by atoms with Crippen LogP contribution in [0.2, 0.25) is 0 Å². The van der Waals surface area contributed by atoms with Crippen LogP contribution in [-0.4, -0.2) is 51.0 Å². The number of nitrogens with one attached hydrogen (secondary N) is 1. The number of carbonyl (C=O) groups is 2. The number of likely N-dealkylation sites (N-methyl/N-ethyl adjacent to an activating group) is 1. The first-order valence-electron chi connectivity index (χ1n) is 13.0. The Bertz CT molecular complexity index is 1380. The molecule has 208 valence electrons. The van der Waals surface area contributed by atoms with Gasteiger partial charge in [0.15, 0.2) is 0 Å². The number of benzene rings is 3. The molecule has 1 atom stereocenters. The quantitative estimate of drug-likeness (QED) is 0.405. The highest BCUT2D eigenvalue weighted by Gasteiger charge is 2.32. The molecule has 0 bridgehead atoms. The second-order valence-corrected chi connectivity index (χ2v) is 12.8. The maximum absolute atomic E-state index is 14.0. The SMILES string of the molecule is CNC(=O)[C@@H](Cc1ccccc1)N(Cc1cccc(C)c1)C(=O)CN(c1ccc(C(C)(C)C)cc1)S(C)(=O)=O. The average molecular weight is 550 g/mol. The molecule has 0 aromatic heterocycles. The van der Waals surface area contributed by atoms with E-state index in [9.17, 15) is 18.0 Å². The van der Waals surface area contributed by atoms with Gasteiger partial charge in [-0.1, -0.05) is 93.1 Å². The summed E-state index contributed by atoms with van der Waals surface area (Å²) in [6.45, 7) is 7.92. The van der Waals surface area contributed by atoms with E-state index < -0.39 is 28.5 Å². The normalized spacial score (nSPS) is 12.5. The second kappa shape index (κ2) is 12.5. The van der Waals surface area contributed by atoms with Crippen LogP contribution in [-0.2, 0) is 38.0 Å². The molecule has 8 heteroatoms. The van der Waals surface area contributed by atoms with Gasteiger partial charge in [-0.25, -0.2) is 8.42 Å². The van der Waals surface area contributed by atoms with Crippen LogP contribution in [0.5, 0.6) is 0 Å². The summed E-state index contributed by atoms with van der Waals surface area (Å²) in [5.74, 6) is -0.786. The lowest BCUT2D eigenvalue weighted by atomic mass is 9.87. The fourth-order valence-corrected chi connectivity index (χ4v) is 5.32. The molecule has 0 radical (unpaired) electrons. The van der Waals surface area contributed by atoms with Gasteiger partial charge in [0.05, 0.1) is 11.9 Å². The van der Waals surface area contributed by atoms with Crippen molar-refractivity contribution in [3.05, 3.63) is 101 Å².